The van der Waals surface area contributed by atoms with Crippen LogP contribution in [-0.4, -0.2) is 39.3 Å². The van der Waals surface area contributed by atoms with Gasteiger partial charge in [-0.25, -0.2) is 0 Å². The van der Waals surface area contributed by atoms with Crippen LogP contribution < -0.4 is 10.6 Å². The molecule has 0 aliphatic carbocycles. The highest BCUT2D eigenvalue weighted by Crippen LogP contribution is 1.95. The van der Waals surface area contributed by atoms with E-state index in [1.165, 1.54) is 0 Å². The van der Waals surface area contributed by atoms with Crippen LogP contribution in [0.25, 0.3) is 0 Å². The van der Waals surface area contributed by atoms with Crippen molar-refractivity contribution in [1.82, 2.24) is 10.6 Å². The van der Waals surface area contributed by atoms with E-state index in [1.54, 1.807) is 7.11 Å². The van der Waals surface area contributed by atoms with E-state index in [9.17, 15) is 4.79 Å². The van der Waals surface area contributed by atoms with Crippen LogP contribution in [0.3, 0.4) is 0 Å². The molecular formula is C9H17BrN2O2. The predicted molar refractivity (Wildman–Crippen MR) is 60.4 cm³/mol. The second kappa shape index (κ2) is 9.18. The van der Waals surface area contributed by atoms with Gasteiger partial charge in [0.2, 0.25) is 5.91 Å². The first kappa shape index (κ1) is 13.6. The van der Waals surface area contributed by atoms with Crippen molar-refractivity contribution in [2.24, 2.45) is 0 Å². The molecule has 0 unspecified atom stereocenters. The van der Waals surface area contributed by atoms with Gasteiger partial charge in [-0.15, -0.1) is 0 Å². The Morgan fingerprint density at radius 3 is 2.79 bits per heavy atom. The number of rotatable bonds is 8. The number of carbonyl (C=O) groups is 1. The molecule has 0 spiro atoms. The molecule has 0 saturated carbocycles. The Morgan fingerprint density at radius 2 is 2.21 bits per heavy atom. The van der Waals surface area contributed by atoms with Crippen molar-refractivity contribution in [2.75, 3.05) is 33.4 Å². The highest BCUT2D eigenvalue weighted by Gasteiger charge is 1.98. The first-order chi connectivity index (χ1) is 6.66. The Bertz CT molecular complexity index is 186. The quantitative estimate of drug-likeness (QED) is 0.633. The average Bonchev–Trinajstić information content (AvgIpc) is 2.12. The normalized spacial score (nSPS) is 9.86. The lowest BCUT2D eigenvalue weighted by atomic mass is 10.4. The predicted octanol–water partition coefficient (Wildman–Crippen LogP) is 0.637. The van der Waals surface area contributed by atoms with Gasteiger partial charge in [-0.05, 0) is 6.42 Å². The van der Waals surface area contributed by atoms with Gasteiger partial charge in [0.25, 0.3) is 0 Å². The smallest absolute Gasteiger partial charge is 0.233 e. The molecule has 0 aliphatic rings. The van der Waals surface area contributed by atoms with Crippen molar-refractivity contribution in [3.8, 4) is 0 Å². The monoisotopic (exact) mass is 264 g/mol. The fourth-order valence-corrected chi connectivity index (χ4v) is 1.02. The van der Waals surface area contributed by atoms with Crippen LogP contribution in [0, 0.1) is 0 Å². The number of hydrogen-bond acceptors (Lipinski definition) is 3. The van der Waals surface area contributed by atoms with Crippen molar-refractivity contribution >= 4 is 21.8 Å². The van der Waals surface area contributed by atoms with Crippen molar-refractivity contribution in [3.05, 3.63) is 11.1 Å². The molecule has 0 aromatic carbocycles. The van der Waals surface area contributed by atoms with Crippen molar-refractivity contribution in [2.45, 2.75) is 6.42 Å². The minimum Gasteiger partial charge on any atom is -0.385 e. The highest BCUT2D eigenvalue weighted by atomic mass is 79.9. The first-order valence-corrected chi connectivity index (χ1v) is 5.25. The molecule has 0 atom stereocenters. The third-order valence-corrected chi connectivity index (χ3v) is 1.73. The van der Waals surface area contributed by atoms with Crippen LogP contribution >= 0.6 is 15.9 Å². The Balaban J connectivity index is 3.24. The van der Waals surface area contributed by atoms with E-state index in [-0.39, 0.29) is 5.91 Å². The van der Waals surface area contributed by atoms with E-state index >= 15 is 0 Å². The minimum atomic E-state index is -0.00477. The molecule has 1 amide bonds. The lowest BCUT2D eigenvalue weighted by molar-refractivity contribution is -0.120. The number of carbonyl (C=O) groups excluding carboxylic acids is 1. The van der Waals surface area contributed by atoms with Gasteiger partial charge in [0.1, 0.15) is 0 Å². The van der Waals surface area contributed by atoms with Crippen LogP contribution in [0.4, 0.5) is 0 Å². The SMILES string of the molecule is C=C(Br)CNCC(=O)NCCCOC. The number of nitrogens with one attached hydrogen (secondary N) is 2. The number of methoxy groups -OCH3 is 1. The summed E-state index contributed by atoms with van der Waals surface area (Å²) in [5.41, 5.74) is 0. The van der Waals surface area contributed by atoms with E-state index in [4.69, 9.17) is 4.74 Å². The van der Waals surface area contributed by atoms with Crippen molar-refractivity contribution in [1.29, 1.82) is 0 Å². The summed E-state index contributed by atoms with van der Waals surface area (Å²) >= 11 is 3.19. The van der Waals surface area contributed by atoms with Gasteiger partial charge < -0.3 is 15.4 Å². The van der Waals surface area contributed by atoms with E-state index in [2.05, 4.69) is 33.1 Å². The van der Waals surface area contributed by atoms with E-state index in [0.717, 1.165) is 10.9 Å². The fourth-order valence-electron chi connectivity index (χ4n) is 0.818. The van der Waals surface area contributed by atoms with Crippen LogP contribution in [0.2, 0.25) is 0 Å². The van der Waals surface area contributed by atoms with Gasteiger partial charge in [0.15, 0.2) is 0 Å². The Labute approximate surface area is 93.2 Å². The maximum Gasteiger partial charge on any atom is 0.233 e. The zero-order valence-corrected chi connectivity index (χ0v) is 10.0. The molecule has 82 valence electrons. The first-order valence-electron chi connectivity index (χ1n) is 4.46. The molecule has 0 bridgehead atoms. The third kappa shape index (κ3) is 9.70. The molecule has 2 N–H and O–H groups in total. The molecule has 0 saturated heterocycles. The summed E-state index contributed by atoms with van der Waals surface area (Å²) in [6, 6.07) is 0. The second-order valence-electron chi connectivity index (χ2n) is 2.82. The molecule has 0 fully saturated rings. The number of hydrogen-bond donors (Lipinski definition) is 2. The molecule has 0 rings (SSSR count). The largest absolute Gasteiger partial charge is 0.385 e. The summed E-state index contributed by atoms with van der Waals surface area (Å²) in [6.45, 7) is 5.89. The summed E-state index contributed by atoms with van der Waals surface area (Å²) in [5, 5.41) is 5.70. The number of amides is 1. The van der Waals surface area contributed by atoms with Crippen molar-refractivity contribution in [3.63, 3.8) is 0 Å². The van der Waals surface area contributed by atoms with Gasteiger partial charge in [-0.1, -0.05) is 22.5 Å². The summed E-state index contributed by atoms with van der Waals surface area (Å²) < 4.78 is 5.69. The lowest BCUT2D eigenvalue weighted by Crippen LogP contribution is -2.35. The maximum absolute atomic E-state index is 11.1. The highest BCUT2D eigenvalue weighted by molar-refractivity contribution is 9.11. The van der Waals surface area contributed by atoms with Crippen LogP contribution in [0.5, 0.6) is 0 Å². The van der Waals surface area contributed by atoms with Gasteiger partial charge in [0.05, 0.1) is 6.54 Å². The Kier molecular flexibility index (Phi) is 8.92. The van der Waals surface area contributed by atoms with E-state index < -0.39 is 0 Å². The fraction of sp³-hybridized carbons (Fsp3) is 0.667. The molecular weight excluding hydrogens is 248 g/mol. The standard InChI is InChI=1S/C9H17BrN2O2/c1-8(10)6-11-7-9(13)12-4-3-5-14-2/h11H,1,3-7H2,2H3,(H,12,13). The third-order valence-electron chi connectivity index (χ3n) is 1.45. The molecule has 0 radical (unpaired) electrons. The average molecular weight is 265 g/mol. The zero-order valence-electron chi connectivity index (χ0n) is 8.44. The molecule has 5 heteroatoms. The number of ether oxygens (including phenoxy) is 1. The van der Waals surface area contributed by atoms with Crippen LogP contribution in [0.15, 0.2) is 11.1 Å². The molecule has 0 aromatic heterocycles. The lowest BCUT2D eigenvalue weighted by Gasteiger charge is -2.05. The van der Waals surface area contributed by atoms with Crippen LogP contribution in [-0.2, 0) is 9.53 Å². The van der Waals surface area contributed by atoms with Gasteiger partial charge in [-0.2, -0.15) is 0 Å². The van der Waals surface area contributed by atoms with Crippen LogP contribution in [0.1, 0.15) is 6.42 Å². The summed E-state index contributed by atoms with van der Waals surface area (Å²) in [7, 11) is 1.64. The number of halogens is 1. The zero-order chi connectivity index (χ0) is 10.8. The molecule has 0 aromatic rings. The van der Waals surface area contributed by atoms with Gasteiger partial charge >= 0.3 is 0 Å². The van der Waals surface area contributed by atoms with E-state index in [0.29, 0.717) is 26.2 Å². The van der Waals surface area contributed by atoms with Crippen molar-refractivity contribution < 1.29 is 9.53 Å². The summed E-state index contributed by atoms with van der Waals surface area (Å²) in [6.07, 6.45) is 0.841. The molecule has 4 nitrogen and oxygen atoms in total. The second-order valence-corrected chi connectivity index (χ2v) is 3.94. The summed E-state index contributed by atoms with van der Waals surface area (Å²) in [5.74, 6) is -0.00477. The maximum atomic E-state index is 11.1. The molecule has 0 aliphatic heterocycles. The molecule has 14 heavy (non-hydrogen) atoms. The van der Waals surface area contributed by atoms with Gasteiger partial charge in [0, 0.05) is 31.3 Å². The molecule has 0 heterocycles. The minimum absolute atomic E-state index is 0.00477. The summed E-state index contributed by atoms with van der Waals surface area (Å²) in [4.78, 5) is 11.1. The Morgan fingerprint density at radius 1 is 1.50 bits per heavy atom. The van der Waals surface area contributed by atoms with Gasteiger partial charge in [-0.3, -0.25) is 4.79 Å². The Hall–Kier alpha value is -0.390. The topological polar surface area (TPSA) is 50.4 Å². The van der Waals surface area contributed by atoms with E-state index in [1.807, 2.05) is 0 Å².